The molecule has 6 heteroatoms. The van der Waals surface area contributed by atoms with E-state index in [0.29, 0.717) is 28.0 Å². The van der Waals surface area contributed by atoms with Crippen molar-refractivity contribution in [2.24, 2.45) is 0 Å². The molecule has 0 radical (unpaired) electrons. The van der Waals surface area contributed by atoms with Gasteiger partial charge in [-0.2, -0.15) is 0 Å². The van der Waals surface area contributed by atoms with E-state index in [-0.39, 0.29) is 17.2 Å². The molecule has 6 nitrogen and oxygen atoms in total. The highest BCUT2D eigenvalue weighted by Crippen LogP contribution is 2.51. The third-order valence-electron chi connectivity index (χ3n) is 7.00. The largest absolute Gasteiger partial charge is 0.508 e. The summed E-state index contributed by atoms with van der Waals surface area (Å²) in [5.41, 5.74) is 0.959. The van der Waals surface area contributed by atoms with E-state index in [1.54, 1.807) is 45.6 Å². The summed E-state index contributed by atoms with van der Waals surface area (Å²) < 4.78 is 16.7. The molecule has 0 unspecified atom stereocenters. The van der Waals surface area contributed by atoms with E-state index in [1.807, 2.05) is 48.5 Å². The van der Waals surface area contributed by atoms with Crippen molar-refractivity contribution >= 4 is 43.1 Å². The molecule has 37 heavy (non-hydrogen) atoms. The van der Waals surface area contributed by atoms with Crippen LogP contribution in [0.4, 0.5) is 0 Å². The second-order valence-corrected chi connectivity index (χ2v) is 8.91. The fraction of sp³-hybridized carbons (Fsp3) is 0.0968. The Hall–Kier alpha value is -4.84. The first kappa shape index (κ1) is 22.6. The van der Waals surface area contributed by atoms with E-state index in [0.717, 1.165) is 43.5 Å². The van der Waals surface area contributed by atoms with Gasteiger partial charge in [0.15, 0.2) is 0 Å². The molecule has 3 N–H and O–H groups in total. The molecule has 6 rings (SSSR count). The molecule has 184 valence electrons. The normalized spacial score (nSPS) is 11.4. The van der Waals surface area contributed by atoms with Crippen LogP contribution in [0.15, 0.2) is 72.8 Å². The van der Waals surface area contributed by atoms with Crippen LogP contribution in [0.25, 0.3) is 54.2 Å². The maximum Gasteiger partial charge on any atom is 0.131 e. The van der Waals surface area contributed by atoms with E-state index < -0.39 is 0 Å². The van der Waals surface area contributed by atoms with Crippen LogP contribution in [0, 0.1) is 0 Å². The van der Waals surface area contributed by atoms with Crippen LogP contribution in [0.1, 0.15) is 0 Å². The van der Waals surface area contributed by atoms with E-state index >= 15 is 0 Å². The van der Waals surface area contributed by atoms with Gasteiger partial charge in [-0.05, 0) is 68.7 Å². The first-order valence-corrected chi connectivity index (χ1v) is 11.7. The van der Waals surface area contributed by atoms with Crippen LogP contribution in [-0.4, -0.2) is 36.6 Å². The van der Waals surface area contributed by atoms with Gasteiger partial charge in [-0.3, -0.25) is 0 Å². The lowest BCUT2D eigenvalue weighted by Crippen LogP contribution is -1.94. The highest BCUT2D eigenvalue weighted by molar-refractivity contribution is 6.22. The van der Waals surface area contributed by atoms with Crippen LogP contribution < -0.4 is 14.2 Å². The third-order valence-corrected chi connectivity index (χ3v) is 7.00. The zero-order valence-corrected chi connectivity index (χ0v) is 20.5. The number of hydrogen-bond donors (Lipinski definition) is 3. The Labute approximate surface area is 212 Å². The average Bonchev–Trinajstić information content (AvgIpc) is 2.91. The summed E-state index contributed by atoms with van der Waals surface area (Å²) in [6.45, 7) is 0. The number of ether oxygens (including phenoxy) is 3. The first-order chi connectivity index (χ1) is 17.9. The zero-order chi connectivity index (χ0) is 25.8. The highest BCUT2D eigenvalue weighted by atomic mass is 16.5. The molecule has 0 heterocycles. The van der Waals surface area contributed by atoms with Crippen molar-refractivity contribution in [1.82, 2.24) is 0 Å². The molecule has 0 saturated carbocycles. The summed E-state index contributed by atoms with van der Waals surface area (Å²) in [6.07, 6.45) is 0. The monoisotopic (exact) mass is 492 g/mol. The summed E-state index contributed by atoms with van der Waals surface area (Å²) in [4.78, 5) is 0. The summed E-state index contributed by atoms with van der Waals surface area (Å²) in [5, 5.41) is 39.2. The number of aromatic hydroxyl groups is 3. The Morgan fingerprint density at radius 3 is 1.49 bits per heavy atom. The van der Waals surface area contributed by atoms with Gasteiger partial charge in [-0.15, -0.1) is 0 Å². The topological polar surface area (TPSA) is 88.4 Å². The van der Waals surface area contributed by atoms with Crippen LogP contribution in [0.5, 0.6) is 34.5 Å². The molecule has 0 fully saturated rings. The first-order valence-electron chi connectivity index (χ1n) is 11.7. The van der Waals surface area contributed by atoms with Crippen molar-refractivity contribution in [3.8, 4) is 45.6 Å². The molecule has 0 aliphatic carbocycles. The Morgan fingerprint density at radius 2 is 0.973 bits per heavy atom. The quantitative estimate of drug-likeness (QED) is 0.227. The van der Waals surface area contributed by atoms with E-state index in [4.69, 9.17) is 14.2 Å². The molecule has 6 aromatic carbocycles. The number of hydrogen-bond acceptors (Lipinski definition) is 6. The number of phenols is 3. The maximum absolute atomic E-state index is 11.3. The summed E-state index contributed by atoms with van der Waals surface area (Å²) >= 11 is 0. The Bertz CT molecular complexity index is 1870. The summed E-state index contributed by atoms with van der Waals surface area (Å²) in [5.74, 6) is 1.85. The summed E-state index contributed by atoms with van der Waals surface area (Å²) in [6, 6.07) is 21.7. The van der Waals surface area contributed by atoms with Crippen LogP contribution in [0.2, 0.25) is 0 Å². The fourth-order valence-electron chi connectivity index (χ4n) is 5.36. The van der Waals surface area contributed by atoms with Crippen molar-refractivity contribution in [3.05, 3.63) is 72.8 Å². The van der Waals surface area contributed by atoms with Crippen LogP contribution in [0.3, 0.4) is 0 Å². The molecular formula is C31H24O6. The number of methoxy groups -OCH3 is 3. The van der Waals surface area contributed by atoms with E-state index in [1.165, 1.54) is 0 Å². The van der Waals surface area contributed by atoms with Crippen LogP contribution in [-0.2, 0) is 0 Å². The summed E-state index contributed by atoms with van der Waals surface area (Å²) in [7, 11) is 4.74. The molecule has 0 atom stereocenters. The van der Waals surface area contributed by atoms with Crippen molar-refractivity contribution in [3.63, 3.8) is 0 Å². The van der Waals surface area contributed by atoms with Gasteiger partial charge in [-0.25, -0.2) is 0 Å². The lowest BCUT2D eigenvalue weighted by atomic mass is 9.88. The van der Waals surface area contributed by atoms with Gasteiger partial charge in [0.2, 0.25) is 0 Å². The predicted octanol–water partition coefficient (Wildman–Crippen LogP) is 7.11. The Balaban J connectivity index is 1.79. The molecule has 0 aliphatic heterocycles. The van der Waals surface area contributed by atoms with Gasteiger partial charge in [-0.1, -0.05) is 24.3 Å². The zero-order valence-electron chi connectivity index (χ0n) is 20.5. The van der Waals surface area contributed by atoms with Gasteiger partial charge in [0, 0.05) is 34.0 Å². The van der Waals surface area contributed by atoms with Gasteiger partial charge in [0.1, 0.15) is 34.5 Å². The van der Waals surface area contributed by atoms with Crippen molar-refractivity contribution in [2.75, 3.05) is 21.3 Å². The van der Waals surface area contributed by atoms with Gasteiger partial charge in [0.25, 0.3) is 0 Å². The number of fused-ring (bicyclic) bond motifs is 6. The smallest absolute Gasteiger partial charge is 0.131 e. The van der Waals surface area contributed by atoms with Crippen molar-refractivity contribution < 1.29 is 29.5 Å². The second kappa shape index (κ2) is 8.38. The molecule has 0 aromatic heterocycles. The molecule has 0 bridgehead atoms. The molecule has 0 aliphatic rings. The molecule has 0 saturated heterocycles. The van der Waals surface area contributed by atoms with Crippen LogP contribution >= 0.6 is 0 Å². The molecular weight excluding hydrogens is 468 g/mol. The maximum atomic E-state index is 11.3. The van der Waals surface area contributed by atoms with E-state index in [9.17, 15) is 15.3 Å². The average molecular weight is 493 g/mol. The van der Waals surface area contributed by atoms with Gasteiger partial charge >= 0.3 is 0 Å². The minimum atomic E-state index is -0.0286. The minimum Gasteiger partial charge on any atom is -0.508 e. The van der Waals surface area contributed by atoms with E-state index in [2.05, 4.69) is 0 Å². The Morgan fingerprint density at radius 1 is 0.486 bits per heavy atom. The number of phenolic OH excluding ortho intramolecular Hbond substituents is 3. The lowest BCUT2D eigenvalue weighted by Gasteiger charge is -2.19. The molecule has 0 spiro atoms. The Kier molecular flexibility index (Phi) is 5.12. The van der Waals surface area contributed by atoms with Gasteiger partial charge in [0.05, 0.1) is 21.3 Å². The molecule has 0 amide bonds. The van der Waals surface area contributed by atoms with Gasteiger partial charge < -0.3 is 29.5 Å². The fourth-order valence-corrected chi connectivity index (χ4v) is 5.36. The molecule has 6 aromatic rings. The number of rotatable bonds is 4. The lowest BCUT2D eigenvalue weighted by molar-refractivity contribution is 0.412. The van der Waals surface area contributed by atoms with Crippen molar-refractivity contribution in [2.45, 2.75) is 0 Å². The minimum absolute atomic E-state index is 0.0234. The second-order valence-electron chi connectivity index (χ2n) is 8.91. The predicted molar refractivity (Wildman–Crippen MR) is 147 cm³/mol. The number of benzene rings is 6. The van der Waals surface area contributed by atoms with Crippen molar-refractivity contribution in [1.29, 1.82) is 0 Å². The highest BCUT2D eigenvalue weighted by Gasteiger charge is 2.23. The third kappa shape index (κ3) is 3.33. The standard InChI is InChI=1S/C31H24O6/c1-35-19-7-11-21-17(13-19)5-9-23-29(21)27(37-3)15-25(34)31(23)30-22-8-4-16-12-18(32)6-10-20(16)28(22)26(36-2)14-24(30)33/h4-15,32-34H,1-3H3. The SMILES string of the molecule is COc1ccc2c(ccc3c(-c4c(O)cc(OC)c5c4ccc4cc(O)ccc45)c(O)cc(OC)c32)c1.